The predicted molar refractivity (Wildman–Crippen MR) is 89.1 cm³/mol. The number of rotatable bonds is 4. The van der Waals surface area contributed by atoms with Crippen LogP contribution in [-0.2, 0) is 10.0 Å². The Labute approximate surface area is 138 Å². The molecular weight excluding hydrogens is 374 g/mol. The third-order valence-electron chi connectivity index (χ3n) is 3.19. The molecule has 0 aliphatic carbocycles. The second kappa shape index (κ2) is 6.48. The summed E-state index contributed by atoms with van der Waals surface area (Å²) >= 11 is 9.38. The van der Waals surface area contributed by atoms with Gasteiger partial charge in [0.25, 0.3) is 0 Å². The second-order valence-corrected chi connectivity index (χ2v) is 7.77. The van der Waals surface area contributed by atoms with Gasteiger partial charge in [-0.1, -0.05) is 45.7 Å². The Hall–Kier alpha value is -0.880. The lowest BCUT2D eigenvalue weighted by atomic mass is 10.1. The summed E-state index contributed by atoms with van der Waals surface area (Å²) in [4.78, 5) is 0.205. The van der Waals surface area contributed by atoms with Gasteiger partial charge in [0.05, 0.1) is 4.90 Å². The minimum absolute atomic E-state index is 0.205. The van der Waals surface area contributed by atoms with E-state index < -0.39 is 10.0 Å². The van der Waals surface area contributed by atoms with Crippen LogP contribution in [0.3, 0.4) is 0 Å². The van der Waals surface area contributed by atoms with Crippen LogP contribution in [0.5, 0.6) is 0 Å². The Bertz CT molecular complexity index is 762. The van der Waals surface area contributed by atoms with Crippen molar-refractivity contribution in [3.05, 3.63) is 63.1 Å². The molecule has 0 heterocycles. The van der Waals surface area contributed by atoms with Crippen LogP contribution in [0.2, 0.25) is 5.02 Å². The topological polar surface area (TPSA) is 46.2 Å². The number of halogens is 2. The molecular formula is C15H15BrClNO2S. The summed E-state index contributed by atoms with van der Waals surface area (Å²) in [6, 6.07) is 12.0. The average Bonchev–Trinajstić information content (AvgIpc) is 2.41. The summed E-state index contributed by atoms with van der Waals surface area (Å²) in [6.07, 6.45) is 0. The maximum atomic E-state index is 12.5. The Morgan fingerprint density at radius 1 is 1.19 bits per heavy atom. The van der Waals surface area contributed by atoms with Crippen molar-refractivity contribution in [1.29, 1.82) is 0 Å². The summed E-state index contributed by atoms with van der Waals surface area (Å²) in [6.45, 7) is 3.50. The molecule has 112 valence electrons. The highest BCUT2D eigenvalue weighted by molar-refractivity contribution is 9.10. The molecule has 0 spiro atoms. The van der Waals surface area contributed by atoms with Crippen LogP contribution < -0.4 is 4.72 Å². The summed E-state index contributed by atoms with van der Waals surface area (Å²) < 4.78 is 28.6. The van der Waals surface area contributed by atoms with Crippen molar-refractivity contribution in [3.8, 4) is 0 Å². The molecule has 0 aliphatic heterocycles. The highest BCUT2D eigenvalue weighted by atomic mass is 79.9. The van der Waals surface area contributed by atoms with Gasteiger partial charge in [-0.05, 0) is 49.2 Å². The number of nitrogens with one attached hydrogen (secondary N) is 1. The predicted octanol–water partition coefficient (Wildman–Crippen LogP) is 4.45. The molecule has 0 amide bonds. The van der Waals surface area contributed by atoms with Gasteiger partial charge in [-0.15, -0.1) is 0 Å². The zero-order chi connectivity index (χ0) is 15.6. The third kappa shape index (κ3) is 3.86. The first-order chi connectivity index (χ1) is 9.81. The van der Waals surface area contributed by atoms with E-state index in [9.17, 15) is 8.42 Å². The summed E-state index contributed by atoms with van der Waals surface area (Å²) in [5, 5.41) is 0.438. The lowest BCUT2D eigenvalue weighted by Crippen LogP contribution is -2.27. The molecule has 2 rings (SSSR count). The van der Waals surface area contributed by atoms with Crippen molar-refractivity contribution in [1.82, 2.24) is 4.72 Å². The van der Waals surface area contributed by atoms with E-state index >= 15 is 0 Å². The quantitative estimate of drug-likeness (QED) is 0.841. The van der Waals surface area contributed by atoms with E-state index in [2.05, 4.69) is 20.7 Å². The number of sulfonamides is 1. The molecule has 0 saturated carbocycles. The second-order valence-electron chi connectivity index (χ2n) is 4.76. The molecule has 21 heavy (non-hydrogen) atoms. The molecule has 0 aromatic heterocycles. The largest absolute Gasteiger partial charge is 0.241 e. The molecule has 0 bridgehead atoms. The maximum absolute atomic E-state index is 12.5. The molecule has 2 aromatic rings. The fourth-order valence-electron chi connectivity index (χ4n) is 2.02. The molecule has 3 nitrogen and oxygen atoms in total. The Balaban J connectivity index is 2.31. The summed E-state index contributed by atoms with van der Waals surface area (Å²) in [7, 11) is -3.62. The van der Waals surface area contributed by atoms with Crippen LogP contribution in [0.15, 0.2) is 51.8 Å². The van der Waals surface area contributed by atoms with Crippen molar-refractivity contribution < 1.29 is 8.42 Å². The molecule has 1 atom stereocenters. The molecule has 0 radical (unpaired) electrons. The van der Waals surface area contributed by atoms with Crippen LogP contribution >= 0.6 is 27.5 Å². The fourth-order valence-corrected chi connectivity index (χ4v) is 4.17. The van der Waals surface area contributed by atoms with Crippen LogP contribution in [0, 0.1) is 6.92 Å². The SMILES string of the molecule is Cc1c(Cl)cccc1S(=O)(=O)N[C@@H](C)c1cccc(Br)c1. The van der Waals surface area contributed by atoms with E-state index in [1.807, 2.05) is 24.3 Å². The van der Waals surface area contributed by atoms with E-state index in [-0.39, 0.29) is 10.9 Å². The van der Waals surface area contributed by atoms with Crippen molar-refractivity contribution in [2.45, 2.75) is 24.8 Å². The monoisotopic (exact) mass is 387 g/mol. The smallest absolute Gasteiger partial charge is 0.207 e. The minimum atomic E-state index is -3.62. The first-order valence-corrected chi connectivity index (χ1v) is 8.99. The van der Waals surface area contributed by atoms with Gasteiger partial charge in [-0.25, -0.2) is 13.1 Å². The van der Waals surface area contributed by atoms with Crippen LogP contribution in [0.4, 0.5) is 0 Å². The van der Waals surface area contributed by atoms with Gasteiger partial charge in [0.15, 0.2) is 0 Å². The van der Waals surface area contributed by atoms with Crippen molar-refractivity contribution in [2.24, 2.45) is 0 Å². The molecule has 0 fully saturated rings. The van der Waals surface area contributed by atoms with E-state index in [1.165, 1.54) is 0 Å². The van der Waals surface area contributed by atoms with Gasteiger partial charge < -0.3 is 0 Å². The standard InChI is InChI=1S/C15H15BrClNO2S/c1-10-14(17)7-4-8-15(10)21(19,20)18-11(2)12-5-3-6-13(16)9-12/h3-9,11,18H,1-2H3/t11-/m0/s1. The molecule has 0 aliphatic rings. The van der Waals surface area contributed by atoms with Crippen molar-refractivity contribution in [2.75, 3.05) is 0 Å². The molecule has 0 unspecified atom stereocenters. The van der Waals surface area contributed by atoms with E-state index in [4.69, 9.17) is 11.6 Å². The van der Waals surface area contributed by atoms with Gasteiger partial charge in [0.1, 0.15) is 0 Å². The van der Waals surface area contributed by atoms with Crippen molar-refractivity contribution >= 4 is 37.6 Å². The Kier molecular flexibility index (Phi) is 5.09. The van der Waals surface area contributed by atoms with Crippen LogP contribution in [-0.4, -0.2) is 8.42 Å². The van der Waals surface area contributed by atoms with Gasteiger partial charge in [-0.3, -0.25) is 0 Å². The zero-order valence-electron chi connectivity index (χ0n) is 11.6. The highest BCUT2D eigenvalue weighted by Crippen LogP contribution is 2.25. The number of hydrogen-bond donors (Lipinski definition) is 1. The fraction of sp³-hybridized carbons (Fsp3) is 0.200. The normalized spacial score (nSPS) is 13.1. The molecule has 2 aromatic carbocycles. The highest BCUT2D eigenvalue weighted by Gasteiger charge is 2.21. The van der Waals surface area contributed by atoms with Crippen LogP contribution in [0.25, 0.3) is 0 Å². The van der Waals surface area contributed by atoms with Gasteiger partial charge in [0.2, 0.25) is 10.0 Å². The zero-order valence-corrected chi connectivity index (χ0v) is 14.8. The molecule has 0 saturated heterocycles. The minimum Gasteiger partial charge on any atom is -0.207 e. The Morgan fingerprint density at radius 3 is 2.52 bits per heavy atom. The summed E-state index contributed by atoms with van der Waals surface area (Å²) in [5.74, 6) is 0. The van der Waals surface area contributed by atoms with E-state index in [0.717, 1.165) is 10.0 Å². The molecule has 1 N–H and O–H groups in total. The third-order valence-corrected chi connectivity index (χ3v) is 5.78. The summed E-state index contributed by atoms with van der Waals surface area (Å²) in [5.41, 5.74) is 1.43. The lowest BCUT2D eigenvalue weighted by molar-refractivity contribution is 0.566. The average molecular weight is 389 g/mol. The first-order valence-electron chi connectivity index (χ1n) is 6.34. The van der Waals surface area contributed by atoms with Gasteiger partial charge in [-0.2, -0.15) is 0 Å². The van der Waals surface area contributed by atoms with Gasteiger partial charge >= 0.3 is 0 Å². The number of hydrogen-bond acceptors (Lipinski definition) is 2. The lowest BCUT2D eigenvalue weighted by Gasteiger charge is -2.16. The van der Waals surface area contributed by atoms with Gasteiger partial charge in [0, 0.05) is 15.5 Å². The number of benzene rings is 2. The van der Waals surface area contributed by atoms with Crippen LogP contribution in [0.1, 0.15) is 24.1 Å². The van der Waals surface area contributed by atoms with Crippen molar-refractivity contribution in [3.63, 3.8) is 0 Å². The first kappa shape index (κ1) is 16.5. The van der Waals surface area contributed by atoms with E-state index in [1.54, 1.807) is 32.0 Å². The molecule has 6 heteroatoms. The van der Waals surface area contributed by atoms with E-state index in [0.29, 0.717) is 10.6 Å². The maximum Gasteiger partial charge on any atom is 0.241 e. The Morgan fingerprint density at radius 2 is 1.86 bits per heavy atom.